The average molecular weight is 447 g/mol. The van der Waals surface area contributed by atoms with E-state index in [2.05, 4.69) is 41.1 Å². The molecule has 2 fully saturated rings. The molecule has 4 heterocycles. The highest BCUT2D eigenvalue weighted by atomic mass is 16.5. The molecule has 1 atom stereocenters. The number of likely N-dealkylation sites (tertiary alicyclic amines) is 1. The number of piperidine rings is 1. The Morgan fingerprint density at radius 3 is 2.67 bits per heavy atom. The van der Waals surface area contributed by atoms with Crippen molar-refractivity contribution in [3.63, 3.8) is 0 Å². The number of carbonyl (C=O) groups is 1. The van der Waals surface area contributed by atoms with Crippen LogP contribution in [0.25, 0.3) is 5.65 Å². The Hall–Kier alpha value is -2.70. The Labute approximate surface area is 196 Å². The van der Waals surface area contributed by atoms with Gasteiger partial charge in [0.05, 0.1) is 6.10 Å². The first-order chi connectivity index (χ1) is 16.2. The maximum atomic E-state index is 13.5. The number of hydrogen-bond donors (Lipinski definition) is 0. The van der Waals surface area contributed by atoms with Crippen LogP contribution in [0.2, 0.25) is 0 Å². The summed E-state index contributed by atoms with van der Waals surface area (Å²) in [5.41, 5.74) is 4.11. The highest BCUT2D eigenvalue weighted by Crippen LogP contribution is 2.23. The minimum absolute atomic E-state index is 0.0246. The van der Waals surface area contributed by atoms with E-state index in [0.29, 0.717) is 18.2 Å². The van der Waals surface area contributed by atoms with Gasteiger partial charge in [0.15, 0.2) is 0 Å². The van der Waals surface area contributed by atoms with Gasteiger partial charge in [-0.1, -0.05) is 30.3 Å². The molecule has 2 aliphatic rings. The van der Waals surface area contributed by atoms with Crippen LogP contribution in [-0.2, 0) is 11.3 Å². The van der Waals surface area contributed by atoms with Gasteiger partial charge in [-0.25, -0.2) is 4.98 Å². The van der Waals surface area contributed by atoms with Crippen LogP contribution >= 0.6 is 0 Å². The molecule has 0 saturated carbocycles. The zero-order valence-electron chi connectivity index (χ0n) is 19.5. The molecule has 0 radical (unpaired) electrons. The lowest BCUT2D eigenvalue weighted by molar-refractivity contribution is 0.0441. The number of fused-ring (bicyclic) bond motifs is 1. The first-order valence-corrected chi connectivity index (χ1v) is 12.3. The third-order valence-corrected chi connectivity index (χ3v) is 7.16. The fourth-order valence-corrected chi connectivity index (χ4v) is 5.14. The summed E-state index contributed by atoms with van der Waals surface area (Å²) < 4.78 is 7.80. The number of amides is 1. The number of benzene rings is 1. The van der Waals surface area contributed by atoms with Crippen LogP contribution in [-0.4, -0.2) is 64.0 Å². The van der Waals surface area contributed by atoms with Crippen LogP contribution < -0.4 is 0 Å². The Morgan fingerprint density at radius 1 is 1.09 bits per heavy atom. The van der Waals surface area contributed by atoms with E-state index in [4.69, 9.17) is 4.74 Å². The molecule has 2 aliphatic heterocycles. The summed E-state index contributed by atoms with van der Waals surface area (Å²) in [6.07, 6.45) is 8.28. The van der Waals surface area contributed by atoms with Crippen LogP contribution in [0.3, 0.4) is 0 Å². The molecule has 6 nitrogen and oxygen atoms in total. The van der Waals surface area contributed by atoms with E-state index in [0.717, 1.165) is 64.1 Å². The second kappa shape index (κ2) is 10.1. The van der Waals surface area contributed by atoms with Crippen molar-refractivity contribution in [3.05, 3.63) is 71.7 Å². The molecule has 2 saturated heterocycles. The van der Waals surface area contributed by atoms with Crippen LogP contribution in [0.4, 0.5) is 0 Å². The molecule has 0 bridgehead atoms. The van der Waals surface area contributed by atoms with Gasteiger partial charge in [0, 0.05) is 38.6 Å². The molecule has 1 aromatic carbocycles. The van der Waals surface area contributed by atoms with E-state index in [9.17, 15) is 4.79 Å². The van der Waals surface area contributed by atoms with Gasteiger partial charge in [-0.2, -0.15) is 0 Å². The highest BCUT2D eigenvalue weighted by molar-refractivity contribution is 5.93. The lowest BCUT2D eigenvalue weighted by Gasteiger charge is -2.35. The number of carbonyl (C=O) groups excluding carboxylic acids is 1. The smallest absolute Gasteiger partial charge is 0.274 e. The number of imidazole rings is 1. The van der Waals surface area contributed by atoms with E-state index in [1.807, 2.05) is 39.9 Å². The highest BCUT2D eigenvalue weighted by Gasteiger charge is 2.29. The fraction of sp³-hybridized carbons (Fsp3) is 0.481. The third kappa shape index (κ3) is 5.28. The average Bonchev–Trinajstić information content (AvgIpc) is 3.50. The van der Waals surface area contributed by atoms with Gasteiger partial charge < -0.3 is 14.0 Å². The van der Waals surface area contributed by atoms with E-state index in [1.165, 1.54) is 11.1 Å². The van der Waals surface area contributed by atoms with Gasteiger partial charge in [-0.05, 0) is 74.9 Å². The van der Waals surface area contributed by atoms with E-state index in [1.54, 1.807) is 0 Å². The number of hydrogen-bond acceptors (Lipinski definition) is 4. The predicted octanol–water partition coefficient (Wildman–Crippen LogP) is 4.18. The number of ether oxygens (including phenoxy) is 1. The summed E-state index contributed by atoms with van der Waals surface area (Å²) in [6.45, 7) is 7.61. The van der Waals surface area contributed by atoms with E-state index < -0.39 is 0 Å². The van der Waals surface area contributed by atoms with Crippen molar-refractivity contribution in [2.45, 2.75) is 45.3 Å². The minimum atomic E-state index is 0.0246. The van der Waals surface area contributed by atoms with Crippen molar-refractivity contribution < 1.29 is 9.53 Å². The van der Waals surface area contributed by atoms with Gasteiger partial charge in [0.1, 0.15) is 11.3 Å². The molecule has 33 heavy (non-hydrogen) atoms. The zero-order valence-corrected chi connectivity index (χ0v) is 19.5. The summed E-state index contributed by atoms with van der Waals surface area (Å²) in [5, 5.41) is 0. The van der Waals surface area contributed by atoms with Crippen molar-refractivity contribution in [2.75, 3.05) is 32.8 Å². The van der Waals surface area contributed by atoms with E-state index in [-0.39, 0.29) is 12.0 Å². The molecule has 3 aromatic rings. The fourth-order valence-electron chi connectivity index (χ4n) is 5.14. The minimum Gasteiger partial charge on any atom is -0.376 e. The quantitative estimate of drug-likeness (QED) is 0.546. The Bertz CT molecular complexity index is 1050. The lowest BCUT2D eigenvalue weighted by atomic mass is 9.95. The van der Waals surface area contributed by atoms with Gasteiger partial charge in [0.25, 0.3) is 5.91 Å². The summed E-state index contributed by atoms with van der Waals surface area (Å²) in [4.78, 5) is 22.7. The Kier molecular flexibility index (Phi) is 6.74. The van der Waals surface area contributed by atoms with Crippen molar-refractivity contribution in [1.29, 1.82) is 0 Å². The number of pyridine rings is 1. The molecule has 174 valence electrons. The second-order valence-electron chi connectivity index (χ2n) is 9.58. The molecular weight excluding hydrogens is 412 g/mol. The van der Waals surface area contributed by atoms with Crippen LogP contribution in [0, 0.1) is 12.8 Å². The molecule has 0 spiro atoms. The summed E-state index contributed by atoms with van der Waals surface area (Å²) in [6, 6.07) is 14.5. The van der Waals surface area contributed by atoms with Crippen molar-refractivity contribution in [1.82, 2.24) is 19.2 Å². The Morgan fingerprint density at radius 2 is 1.91 bits per heavy atom. The molecule has 1 amide bonds. The molecule has 6 heteroatoms. The standard InChI is InChI=1S/C27H34N4O2/c1-21-7-2-3-8-23(21)18-29-14-11-22(12-15-29)17-31(19-24-9-6-16-33-24)27(32)25-20-30-13-5-4-10-26(30)28-25/h2-5,7-8,10,13,20,22,24H,6,9,11-12,14-19H2,1H3/t24-/m1/s1. The van der Waals surface area contributed by atoms with Crippen molar-refractivity contribution >= 4 is 11.6 Å². The normalized spacial score (nSPS) is 19.8. The lowest BCUT2D eigenvalue weighted by Crippen LogP contribution is -2.43. The molecule has 0 unspecified atom stereocenters. The SMILES string of the molecule is Cc1ccccc1CN1CCC(CN(C[C@H]2CCCO2)C(=O)c2cn3ccccc3n2)CC1. The van der Waals surface area contributed by atoms with Gasteiger partial charge >= 0.3 is 0 Å². The van der Waals surface area contributed by atoms with Gasteiger partial charge in [-0.15, -0.1) is 0 Å². The molecule has 5 rings (SSSR count). The predicted molar refractivity (Wildman–Crippen MR) is 129 cm³/mol. The van der Waals surface area contributed by atoms with Crippen LogP contribution in [0.15, 0.2) is 54.9 Å². The number of nitrogens with zero attached hydrogens (tertiary/aromatic N) is 4. The topological polar surface area (TPSA) is 50.1 Å². The van der Waals surface area contributed by atoms with Crippen LogP contribution in [0.5, 0.6) is 0 Å². The molecule has 0 N–H and O–H groups in total. The number of aryl methyl sites for hydroxylation is 1. The third-order valence-electron chi connectivity index (χ3n) is 7.16. The van der Waals surface area contributed by atoms with Crippen LogP contribution in [0.1, 0.15) is 47.3 Å². The van der Waals surface area contributed by atoms with Crippen molar-refractivity contribution in [2.24, 2.45) is 5.92 Å². The molecular formula is C27H34N4O2. The first kappa shape index (κ1) is 22.1. The first-order valence-electron chi connectivity index (χ1n) is 12.3. The van der Waals surface area contributed by atoms with Gasteiger partial charge in [0.2, 0.25) is 0 Å². The second-order valence-corrected chi connectivity index (χ2v) is 9.58. The monoisotopic (exact) mass is 446 g/mol. The maximum absolute atomic E-state index is 13.5. The molecule has 2 aromatic heterocycles. The Balaban J connectivity index is 1.23. The number of aromatic nitrogens is 2. The van der Waals surface area contributed by atoms with Gasteiger partial charge in [-0.3, -0.25) is 9.69 Å². The van der Waals surface area contributed by atoms with Crippen molar-refractivity contribution in [3.8, 4) is 0 Å². The summed E-state index contributed by atoms with van der Waals surface area (Å²) in [7, 11) is 0. The largest absolute Gasteiger partial charge is 0.376 e. The maximum Gasteiger partial charge on any atom is 0.274 e. The summed E-state index contributed by atoms with van der Waals surface area (Å²) in [5.74, 6) is 0.539. The zero-order chi connectivity index (χ0) is 22.6. The molecule has 0 aliphatic carbocycles. The van der Waals surface area contributed by atoms with E-state index >= 15 is 0 Å². The number of rotatable bonds is 7. The summed E-state index contributed by atoms with van der Waals surface area (Å²) >= 11 is 0.